The maximum absolute atomic E-state index is 12.7. The monoisotopic (exact) mass is 316 g/mol. The highest BCUT2D eigenvalue weighted by Crippen LogP contribution is 2.44. The first kappa shape index (κ1) is 15.3. The molecule has 1 heterocycles. The van der Waals surface area contributed by atoms with Gasteiger partial charge in [-0.3, -0.25) is 0 Å². The third kappa shape index (κ3) is 2.46. The lowest BCUT2D eigenvalue weighted by atomic mass is 9.75. The Balaban J connectivity index is 2.30. The molecule has 0 unspecified atom stereocenters. The van der Waals surface area contributed by atoms with Crippen molar-refractivity contribution in [3.05, 3.63) is 65.7 Å². The lowest BCUT2D eigenvalue weighted by Gasteiger charge is -2.33. The molecule has 3 nitrogen and oxygen atoms in total. The van der Waals surface area contributed by atoms with Crippen molar-refractivity contribution in [1.82, 2.24) is 0 Å². The van der Waals surface area contributed by atoms with Crippen LogP contribution in [0.4, 0.5) is 0 Å². The van der Waals surface area contributed by atoms with Crippen LogP contribution in [0.3, 0.4) is 0 Å². The first-order chi connectivity index (χ1) is 10.3. The van der Waals surface area contributed by atoms with E-state index in [9.17, 15) is 13.5 Å². The molecule has 0 saturated heterocycles. The summed E-state index contributed by atoms with van der Waals surface area (Å²) >= 11 is 0. The molecule has 2 aromatic carbocycles. The van der Waals surface area contributed by atoms with Crippen molar-refractivity contribution < 1.29 is 13.5 Å². The zero-order valence-electron chi connectivity index (χ0n) is 12.7. The highest BCUT2D eigenvalue weighted by Gasteiger charge is 2.44. The number of rotatable bonds is 1. The van der Waals surface area contributed by atoms with Gasteiger partial charge in [0, 0.05) is 11.3 Å². The molecular weight excluding hydrogens is 296 g/mol. The maximum Gasteiger partial charge on any atom is 0.179 e. The summed E-state index contributed by atoms with van der Waals surface area (Å²) in [7, 11) is -3.42. The van der Waals surface area contributed by atoms with Gasteiger partial charge in [0.2, 0.25) is 0 Å². The average molecular weight is 316 g/mol. The standard InChI is InChI=1S/C18H20O3S/c1-18(2)12-22(20,21)15-11-7-6-10-14(15)16(17(18)19)13-8-4-3-5-9-13/h3-11,16-17,19H,12H2,1-2H3/t16-,17-/m1/s1. The van der Waals surface area contributed by atoms with E-state index in [4.69, 9.17) is 0 Å². The van der Waals surface area contributed by atoms with Crippen LogP contribution in [0.25, 0.3) is 0 Å². The second-order valence-electron chi connectivity index (χ2n) is 6.62. The summed E-state index contributed by atoms with van der Waals surface area (Å²) in [4.78, 5) is 0.341. The molecule has 22 heavy (non-hydrogen) atoms. The smallest absolute Gasteiger partial charge is 0.179 e. The van der Waals surface area contributed by atoms with Crippen molar-refractivity contribution in [1.29, 1.82) is 0 Å². The molecule has 0 aromatic heterocycles. The van der Waals surface area contributed by atoms with E-state index >= 15 is 0 Å². The van der Waals surface area contributed by atoms with E-state index < -0.39 is 21.4 Å². The summed E-state index contributed by atoms with van der Waals surface area (Å²) in [6.45, 7) is 3.63. The molecule has 2 atom stereocenters. The minimum atomic E-state index is -3.42. The van der Waals surface area contributed by atoms with Crippen molar-refractivity contribution in [2.75, 3.05) is 5.75 Å². The molecule has 4 heteroatoms. The fourth-order valence-corrected chi connectivity index (χ4v) is 5.46. The predicted molar refractivity (Wildman–Crippen MR) is 86.6 cm³/mol. The van der Waals surface area contributed by atoms with E-state index in [2.05, 4.69) is 0 Å². The fourth-order valence-electron chi connectivity index (χ4n) is 3.32. The molecule has 0 bridgehead atoms. The second-order valence-corrected chi connectivity index (χ2v) is 8.58. The summed E-state index contributed by atoms with van der Waals surface area (Å²) in [5.41, 5.74) is 0.901. The highest BCUT2D eigenvalue weighted by molar-refractivity contribution is 7.91. The molecule has 0 saturated carbocycles. The number of hydrogen-bond acceptors (Lipinski definition) is 3. The Labute approximate surface area is 131 Å². The Kier molecular flexibility index (Phi) is 3.62. The largest absolute Gasteiger partial charge is 0.392 e. The van der Waals surface area contributed by atoms with Crippen LogP contribution < -0.4 is 0 Å². The summed E-state index contributed by atoms with van der Waals surface area (Å²) in [6.07, 6.45) is -0.770. The fraction of sp³-hybridized carbons (Fsp3) is 0.333. The van der Waals surface area contributed by atoms with Gasteiger partial charge in [-0.2, -0.15) is 0 Å². The van der Waals surface area contributed by atoms with Crippen LogP contribution in [-0.4, -0.2) is 25.4 Å². The Bertz CT molecular complexity index is 779. The van der Waals surface area contributed by atoms with E-state index in [1.165, 1.54) is 0 Å². The van der Waals surface area contributed by atoms with Gasteiger partial charge in [0.05, 0.1) is 16.8 Å². The third-order valence-corrected chi connectivity index (χ3v) is 6.59. The number of benzene rings is 2. The first-order valence-corrected chi connectivity index (χ1v) is 9.03. The van der Waals surface area contributed by atoms with Gasteiger partial charge < -0.3 is 5.11 Å². The average Bonchev–Trinajstić information content (AvgIpc) is 2.53. The van der Waals surface area contributed by atoms with Crippen molar-refractivity contribution in [2.24, 2.45) is 5.41 Å². The van der Waals surface area contributed by atoms with E-state index in [0.717, 1.165) is 5.56 Å². The van der Waals surface area contributed by atoms with Crippen molar-refractivity contribution >= 4 is 9.84 Å². The molecule has 3 rings (SSSR count). The molecule has 0 radical (unpaired) electrons. The molecule has 0 fully saturated rings. The Morgan fingerprint density at radius 2 is 1.59 bits per heavy atom. The Morgan fingerprint density at radius 3 is 2.27 bits per heavy atom. The number of hydrogen-bond donors (Lipinski definition) is 1. The van der Waals surface area contributed by atoms with Crippen molar-refractivity contribution in [3.63, 3.8) is 0 Å². The number of aliphatic hydroxyl groups excluding tert-OH is 1. The lowest BCUT2D eigenvalue weighted by molar-refractivity contribution is 0.0521. The molecule has 1 aliphatic rings. The van der Waals surface area contributed by atoms with E-state index in [1.807, 2.05) is 56.3 Å². The van der Waals surface area contributed by atoms with Gasteiger partial charge in [0.15, 0.2) is 9.84 Å². The maximum atomic E-state index is 12.7. The summed E-state index contributed by atoms with van der Waals surface area (Å²) in [6, 6.07) is 16.7. The van der Waals surface area contributed by atoms with E-state index in [-0.39, 0.29) is 11.7 Å². The van der Waals surface area contributed by atoms with Crippen LogP contribution in [0.2, 0.25) is 0 Å². The van der Waals surface area contributed by atoms with Crippen LogP contribution in [-0.2, 0) is 9.84 Å². The number of aliphatic hydroxyl groups is 1. The molecule has 116 valence electrons. The predicted octanol–water partition coefficient (Wildman–Crippen LogP) is 2.99. The molecule has 0 spiro atoms. The van der Waals surface area contributed by atoms with Gasteiger partial charge in [0.1, 0.15) is 0 Å². The van der Waals surface area contributed by atoms with Crippen molar-refractivity contribution in [2.45, 2.75) is 30.8 Å². The number of fused-ring (bicyclic) bond motifs is 1. The second kappa shape index (κ2) is 5.21. The molecule has 0 amide bonds. The SMILES string of the molecule is CC1(C)CS(=O)(=O)c2ccccc2[C@@H](c2ccccc2)[C@H]1O. The first-order valence-electron chi connectivity index (χ1n) is 7.38. The van der Waals surface area contributed by atoms with Crippen LogP contribution in [0.15, 0.2) is 59.5 Å². The third-order valence-electron chi connectivity index (χ3n) is 4.43. The topological polar surface area (TPSA) is 54.4 Å². The van der Waals surface area contributed by atoms with Crippen LogP contribution in [0.1, 0.15) is 30.9 Å². The van der Waals surface area contributed by atoms with Crippen LogP contribution in [0, 0.1) is 5.41 Å². The van der Waals surface area contributed by atoms with Crippen LogP contribution >= 0.6 is 0 Å². The minimum absolute atomic E-state index is 0.0541. The van der Waals surface area contributed by atoms with E-state index in [1.54, 1.807) is 12.1 Å². The molecule has 2 aromatic rings. The Morgan fingerprint density at radius 1 is 1.00 bits per heavy atom. The lowest BCUT2D eigenvalue weighted by Crippen LogP contribution is -2.37. The van der Waals surface area contributed by atoms with Gasteiger partial charge >= 0.3 is 0 Å². The molecular formula is C18H20O3S. The summed E-state index contributed by atoms with van der Waals surface area (Å²) in [5, 5.41) is 10.9. The number of sulfone groups is 1. The molecule has 1 aliphatic heterocycles. The zero-order valence-corrected chi connectivity index (χ0v) is 13.5. The van der Waals surface area contributed by atoms with Crippen LogP contribution in [0.5, 0.6) is 0 Å². The summed E-state index contributed by atoms with van der Waals surface area (Å²) < 4.78 is 25.4. The van der Waals surface area contributed by atoms with E-state index in [0.29, 0.717) is 10.5 Å². The molecule has 0 aliphatic carbocycles. The van der Waals surface area contributed by atoms with Gasteiger partial charge in [0.25, 0.3) is 0 Å². The van der Waals surface area contributed by atoms with Crippen molar-refractivity contribution in [3.8, 4) is 0 Å². The zero-order chi connectivity index (χ0) is 16.0. The minimum Gasteiger partial charge on any atom is -0.392 e. The summed E-state index contributed by atoms with van der Waals surface area (Å²) in [5.74, 6) is -0.397. The normalized spacial score (nSPS) is 26.0. The van der Waals surface area contributed by atoms with Gasteiger partial charge in [-0.15, -0.1) is 0 Å². The van der Waals surface area contributed by atoms with Gasteiger partial charge in [-0.25, -0.2) is 8.42 Å². The Hall–Kier alpha value is -1.65. The quantitative estimate of drug-likeness (QED) is 0.880. The van der Waals surface area contributed by atoms with Gasteiger partial charge in [-0.05, 0) is 17.2 Å². The highest BCUT2D eigenvalue weighted by atomic mass is 32.2. The van der Waals surface area contributed by atoms with Gasteiger partial charge in [-0.1, -0.05) is 62.4 Å². The molecule has 1 N–H and O–H groups in total.